The molecule has 2 aromatic rings. The van der Waals surface area contributed by atoms with Crippen LogP contribution in [0.4, 0.5) is 5.82 Å². The summed E-state index contributed by atoms with van der Waals surface area (Å²) >= 11 is 0. The summed E-state index contributed by atoms with van der Waals surface area (Å²) in [4.78, 5) is 46.9. The average molecular weight is 441 g/mol. The molecule has 1 aromatic carbocycles. The molecule has 3 heterocycles. The van der Waals surface area contributed by atoms with Crippen LogP contribution in [0.3, 0.4) is 0 Å². The predicted molar refractivity (Wildman–Crippen MR) is 123 cm³/mol. The molecule has 1 amide bonds. The second kappa shape index (κ2) is 10.1. The number of amides is 1. The van der Waals surface area contributed by atoms with E-state index in [1.54, 1.807) is 16.4 Å². The van der Waals surface area contributed by atoms with E-state index in [0.29, 0.717) is 32.1 Å². The minimum atomic E-state index is -0.261. The number of para-hydroxylation sites is 2. The summed E-state index contributed by atoms with van der Waals surface area (Å²) in [5.41, 5.74) is 1.37. The van der Waals surface area contributed by atoms with Crippen LogP contribution in [0.25, 0.3) is 11.0 Å². The highest BCUT2D eigenvalue weighted by Gasteiger charge is 2.29. The smallest absolute Gasteiger partial charge is 0.310 e. The van der Waals surface area contributed by atoms with Crippen molar-refractivity contribution in [1.82, 2.24) is 14.5 Å². The lowest BCUT2D eigenvalue weighted by Gasteiger charge is -2.31. The number of piperidine rings is 2. The number of aromatic nitrogens is 2. The van der Waals surface area contributed by atoms with Crippen molar-refractivity contribution in [3.05, 3.63) is 34.6 Å². The number of nitrogens with zero attached hydrogens (tertiary/aromatic N) is 4. The number of carbonyl (C=O) groups is 2. The van der Waals surface area contributed by atoms with Gasteiger partial charge in [0.1, 0.15) is 0 Å². The molecule has 0 bridgehead atoms. The fourth-order valence-corrected chi connectivity index (χ4v) is 4.73. The van der Waals surface area contributed by atoms with E-state index in [4.69, 9.17) is 4.74 Å². The van der Waals surface area contributed by atoms with Crippen molar-refractivity contribution in [2.24, 2.45) is 5.92 Å². The van der Waals surface area contributed by atoms with Crippen molar-refractivity contribution in [3.8, 4) is 0 Å². The van der Waals surface area contributed by atoms with Gasteiger partial charge >= 0.3 is 5.97 Å². The molecular weight excluding hydrogens is 408 g/mol. The highest BCUT2D eigenvalue weighted by Crippen LogP contribution is 2.21. The predicted octanol–water partition coefficient (Wildman–Crippen LogP) is 2.58. The summed E-state index contributed by atoms with van der Waals surface area (Å²) in [5, 5.41) is 0. The van der Waals surface area contributed by atoms with E-state index in [-0.39, 0.29) is 29.8 Å². The Balaban J connectivity index is 1.52. The van der Waals surface area contributed by atoms with Gasteiger partial charge in [-0.05, 0) is 51.2 Å². The Morgan fingerprint density at radius 1 is 1.09 bits per heavy atom. The molecule has 0 radical (unpaired) electrons. The van der Waals surface area contributed by atoms with E-state index in [0.717, 1.165) is 49.8 Å². The zero-order chi connectivity index (χ0) is 22.5. The van der Waals surface area contributed by atoms with Gasteiger partial charge in [0.2, 0.25) is 5.91 Å². The van der Waals surface area contributed by atoms with Crippen LogP contribution in [-0.2, 0) is 20.9 Å². The molecule has 2 fully saturated rings. The summed E-state index contributed by atoms with van der Waals surface area (Å²) in [5.74, 6) is -0.0436. The molecule has 172 valence electrons. The molecule has 1 aromatic heterocycles. The van der Waals surface area contributed by atoms with Crippen LogP contribution in [0, 0.1) is 5.92 Å². The van der Waals surface area contributed by atoms with Crippen LogP contribution < -0.4 is 10.5 Å². The number of anilines is 1. The molecule has 2 saturated heterocycles. The molecule has 8 nitrogen and oxygen atoms in total. The molecule has 4 rings (SSSR count). The maximum Gasteiger partial charge on any atom is 0.310 e. The highest BCUT2D eigenvalue weighted by molar-refractivity contribution is 5.79. The van der Waals surface area contributed by atoms with Gasteiger partial charge in [0, 0.05) is 39.1 Å². The number of aryl methyl sites for hydroxylation is 1. The van der Waals surface area contributed by atoms with Gasteiger partial charge in [-0.1, -0.05) is 12.1 Å². The third kappa shape index (κ3) is 4.79. The monoisotopic (exact) mass is 440 g/mol. The van der Waals surface area contributed by atoms with Crippen LogP contribution >= 0.6 is 0 Å². The van der Waals surface area contributed by atoms with E-state index >= 15 is 0 Å². The van der Waals surface area contributed by atoms with Gasteiger partial charge in [0.15, 0.2) is 5.82 Å². The van der Waals surface area contributed by atoms with Gasteiger partial charge < -0.3 is 19.1 Å². The number of rotatable bonds is 6. The number of likely N-dealkylation sites (tertiary alicyclic amines) is 1. The Morgan fingerprint density at radius 2 is 1.88 bits per heavy atom. The molecule has 8 heteroatoms. The van der Waals surface area contributed by atoms with Crippen molar-refractivity contribution >= 4 is 28.7 Å². The highest BCUT2D eigenvalue weighted by atomic mass is 16.5. The molecule has 32 heavy (non-hydrogen) atoms. The van der Waals surface area contributed by atoms with E-state index in [1.165, 1.54) is 6.42 Å². The van der Waals surface area contributed by atoms with Gasteiger partial charge in [-0.3, -0.25) is 14.4 Å². The van der Waals surface area contributed by atoms with Gasteiger partial charge in [0.05, 0.1) is 23.6 Å². The van der Waals surface area contributed by atoms with Crippen molar-refractivity contribution in [1.29, 1.82) is 0 Å². The van der Waals surface area contributed by atoms with Crippen molar-refractivity contribution in [3.63, 3.8) is 0 Å². The molecule has 2 aliphatic rings. The summed E-state index contributed by atoms with van der Waals surface area (Å²) < 4.78 is 6.83. The third-order valence-electron chi connectivity index (χ3n) is 6.43. The summed E-state index contributed by atoms with van der Waals surface area (Å²) in [6.07, 6.45) is 5.03. The van der Waals surface area contributed by atoms with Gasteiger partial charge in [-0.2, -0.15) is 0 Å². The van der Waals surface area contributed by atoms with Crippen molar-refractivity contribution in [2.75, 3.05) is 37.7 Å². The minimum absolute atomic E-state index is 0.0358. The van der Waals surface area contributed by atoms with Crippen molar-refractivity contribution < 1.29 is 14.3 Å². The fourth-order valence-electron chi connectivity index (χ4n) is 4.73. The second-order valence-electron chi connectivity index (χ2n) is 8.61. The topological polar surface area (TPSA) is 84.7 Å². The number of esters is 1. The lowest BCUT2D eigenvalue weighted by Crippen LogP contribution is -2.43. The zero-order valence-electron chi connectivity index (χ0n) is 18.8. The zero-order valence-corrected chi connectivity index (χ0v) is 18.8. The van der Waals surface area contributed by atoms with Gasteiger partial charge in [-0.15, -0.1) is 0 Å². The Bertz CT molecular complexity index is 1030. The third-order valence-corrected chi connectivity index (χ3v) is 6.43. The lowest BCUT2D eigenvalue weighted by molar-refractivity contribution is -0.151. The van der Waals surface area contributed by atoms with E-state index in [2.05, 4.69) is 9.88 Å². The van der Waals surface area contributed by atoms with Crippen molar-refractivity contribution in [2.45, 2.75) is 52.0 Å². The number of benzene rings is 1. The second-order valence-corrected chi connectivity index (χ2v) is 8.61. The molecule has 1 unspecified atom stereocenters. The molecule has 1 atom stereocenters. The molecule has 0 aliphatic carbocycles. The van der Waals surface area contributed by atoms with Gasteiger partial charge in [-0.25, -0.2) is 4.98 Å². The summed E-state index contributed by atoms with van der Waals surface area (Å²) in [7, 11) is 0. The number of hydrogen-bond acceptors (Lipinski definition) is 6. The van der Waals surface area contributed by atoms with Crippen LogP contribution in [0.15, 0.2) is 29.1 Å². The molecule has 0 N–H and O–H groups in total. The fraction of sp³-hybridized carbons (Fsp3) is 0.583. The first-order valence-corrected chi connectivity index (χ1v) is 11.8. The minimum Gasteiger partial charge on any atom is -0.466 e. The first-order chi connectivity index (χ1) is 15.6. The Labute approximate surface area is 188 Å². The molecule has 0 saturated carbocycles. The van der Waals surface area contributed by atoms with Crippen LogP contribution in [0.1, 0.15) is 45.4 Å². The maximum atomic E-state index is 13.4. The van der Waals surface area contributed by atoms with E-state index in [9.17, 15) is 14.4 Å². The standard InChI is InChI=1S/C24H32N4O4/c1-2-32-24(31)18-9-8-15-27(17-18)21(29)12-16-28-20-11-5-4-10-19(20)25-22(23(28)30)26-13-6-3-7-14-26/h4-5,10-11,18H,2-3,6-9,12-17H2,1H3. The number of fused-ring (bicyclic) bond motifs is 1. The Hall–Kier alpha value is -2.90. The quantitative estimate of drug-likeness (QED) is 0.642. The Morgan fingerprint density at radius 3 is 2.66 bits per heavy atom. The number of carbonyl (C=O) groups excluding carboxylic acids is 2. The summed E-state index contributed by atoms with van der Waals surface area (Å²) in [6.45, 7) is 5.13. The van der Waals surface area contributed by atoms with E-state index in [1.807, 2.05) is 24.3 Å². The maximum absolute atomic E-state index is 13.4. The van der Waals surface area contributed by atoms with E-state index < -0.39 is 0 Å². The Kier molecular flexibility index (Phi) is 7.07. The molecule has 0 spiro atoms. The first kappa shape index (κ1) is 22.3. The summed E-state index contributed by atoms with van der Waals surface area (Å²) in [6, 6.07) is 7.59. The molecule has 2 aliphatic heterocycles. The van der Waals surface area contributed by atoms with Crippen LogP contribution in [0.5, 0.6) is 0 Å². The van der Waals surface area contributed by atoms with Gasteiger partial charge in [0.25, 0.3) is 5.56 Å². The largest absolute Gasteiger partial charge is 0.466 e. The van der Waals surface area contributed by atoms with Crippen LogP contribution in [0.2, 0.25) is 0 Å². The average Bonchev–Trinajstić information content (AvgIpc) is 2.83. The van der Waals surface area contributed by atoms with Crippen LogP contribution in [-0.4, -0.2) is 59.1 Å². The lowest BCUT2D eigenvalue weighted by atomic mass is 9.98. The number of hydrogen-bond donors (Lipinski definition) is 0. The first-order valence-electron chi connectivity index (χ1n) is 11.8. The SMILES string of the molecule is CCOC(=O)C1CCCN(C(=O)CCn2c(=O)c(N3CCCCC3)nc3ccccc32)C1. The molecular formula is C24H32N4O4. The normalized spacial score (nSPS) is 19.2. The number of ether oxygens (including phenoxy) is 1.